The van der Waals surface area contributed by atoms with E-state index in [4.69, 9.17) is 4.74 Å². The summed E-state index contributed by atoms with van der Waals surface area (Å²) in [6, 6.07) is 2.55. The van der Waals surface area contributed by atoms with Crippen LogP contribution in [0, 0.1) is 0 Å². The molecule has 1 aromatic heterocycles. The van der Waals surface area contributed by atoms with Crippen molar-refractivity contribution in [2.75, 3.05) is 13.2 Å². The highest BCUT2D eigenvalue weighted by molar-refractivity contribution is 5.00. The Kier molecular flexibility index (Phi) is 6.11. The molecule has 1 rings (SSSR count). The molecule has 0 amide bonds. The van der Waals surface area contributed by atoms with Crippen molar-refractivity contribution in [3.63, 3.8) is 0 Å². The Labute approximate surface area is 98.0 Å². The van der Waals surface area contributed by atoms with E-state index in [2.05, 4.69) is 37.3 Å². The van der Waals surface area contributed by atoms with Gasteiger partial charge in [-0.2, -0.15) is 5.10 Å². The molecule has 0 fully saturated rings. The molecule has 1 N–H and O–H groups in total. The topological polar surface area (TPSA) is 39.1 Å². The third kappa shape index (κ3) is 4.77. The zero-order valence-corrected chi connectivity index (χ0v) is 10.6. The standard InChI is InChI=1S/C12H23N3O/c1-4-8-16-9-7-15-12(5-6-14-15)10-13-11(2)3/h5-6,11,13H,4,7-10H2,1-3H3. The fourth-order valence-corrected chi connectivity index (χ4v) is 1.42. The lowest BCUT2D eigenvalue weighted by Crippen LogP contribution is -2.24. The van der Waals surface area contributed by atoms with Gasteiger partial charge in [0, 0.05) is 25.4 Å². The normalized spacial score (nSPS) is 11.2. The van der Waals surface area contributed by atoms with Gasteiger partial charge in [0.25, 0.3) is 0 Å². The molecule has 4 nitrogen and oxygen atoms in total. The average molecular weight is 225 g/mol. The van der Waals surface area contributed by atoms with Gasteiger partial charge in [0.2, 0.25) is 0 Å². The molecule has 0 unspecified atom stereocenters. The van der Waals surface area contributed by atoms with Gasteiger partial charge in [-0.15, -0.1) is 0 Å². The Hall–Kier alpha value is -0.870. The maximum absolute atomic E-state index is 5.46. The summed E-state index contributed by atoms with van der Waals surface area (Å²) in [7, 11) is 0. The van der Waals surface area contributed by atoms with Gasteiger partial charge in [0.05, 0.1) is 18.8 Å². The molecule has 0 aliphatic carbocycles. The van der Waals surface area contributed by atoms with E-state index in [1.807, 2.05) is 10.9 Å². The van der Waals surface area contributed by atoms with E-state index in [1.165, 1.54) is 5.69 Å². The number of nitrogens with one attached hydrogen (secondary N) is 1. The van der Waals surface area contributed by atoms with E-state index >= 15 is 0 Å². The molecule has 0 atom stereocenters. The van der Waals surface area contributed by atoms with Crippen LogP contribution in [0.1, 0.15) is 32.9 Å². The molecule has 4 heteroatoms. The molecule has 0 saturated heterocycles. The van der Waals surface area contributed by atoms with E-state index in [1.54, 1.807) is 0 Å². The molecule has 0 aliphatic heterocycles. The van der Waals surface area contributed by atoms with E-state index in [0.717, 1.165) is 32.7 Å². The first kappa shape index (κ1) is 13.2. The first-order valence-corrected chi connectivity index (χ1v) is 6.05. The molecule has 0 spiro atoms. The molecule has 0 saturated carbocycles. The summed E-state index contributed by atoms with van der Waals surface area (Å²) in [6.45, 7) is 9.68. The number of rotatable bonds is 8. The van der Waals surface area contributed by atoms with Crippen molar-refractivity contribution < 1.29 is 4.74 Å². The van der Waals surface area contributed by atoms with Gasteiger partial charge in [-0.25, -0.2) is 0 Å². The third-order valence-corrected chi connectivity index (χ3v) is 2.29. The van der Waals surface area contributed by atoms with Crippen LogP contribution in [0.3, 0.4) is 0 Å². The summed E-state index contributed by atoms with van der Waals surface area (Å²) in [6.07, 6.45) is 2.91. The quantitative estimate of drug-likeness (QED) is 0.686. The van der Waals surface area contributed by atoms with Crippen LogP contribution in [-0.4, -0.2) is 29.0 Å². The summed E-state index contributed by atoms with van der Waals surface area (Å²) in [5.41, 5.74) is 1.22. The second kappa shape index (κ2) is 7.41. The lowest BCUT2D eigenvalue weighted by molar-refractivity contribution is 0.123. The molecule has 0 aromatic carbocycles. The highest BCUT2D eigenvalue weighted by atomic mass is 16.5. The highest BCUT2D eigenvalue weighted by Gasteiger charge is 2.02. The van der Waals surface area contributed by atoms with Crippen molar-refractivity contribution in [3.05, 3.63) is 18.0 Å². The minimum Gasteiger partial charge on any atom is -0.380 e. The van der Waals surface area contributed by atoms with Gasteiger partial charge in [0.1, 0.15) is 0 Å². The molecule has 0 radical (unpaired) electrons. The predicted octanol–water partition coefficient (Wildman–Crippen LogP) is 1.81. The van der Waals surface area contributed by atoms with Crippen LogP contribution >= 0.6 is 0 Å². The summed E-state index contributed by atoms with van der Waals surface area (Å²) in [5, 5.41) is 7.68. The third-order valence-electron chi connectivity index (χ3n) is 2.29. The summed E-state index contributed by atoms with van der Waals surface area (Å²) in [5.74, 6) is 0. The zero-order chi connectivity index (χ0) is 11.8. The molecule has 1 heterocycles. The molecule has 0 aliphatic rings. The van der Waals surface area contributed by atoms with Crippen molar-refractivity contribution in [3.8, 4) is 0 Å². The lowest BCUT2D eigenvalue weighted by atomic mass is 10.3. The largest absolute Gasteiger partial charge is 0.380 e. The number of nitrogens with zero attached hydrogens (tertiary/aromatic N) is 2. The molecule has 1 aromatic rings. The van der Waals surface area contributed by atoms with Crippen molar-refractivity contribution in [2.45, 2.75) is 46.3 Å². The molecule has 16 heavy (non-hydrogen) atoms. The van der Waals surface area contributed by atoms with E-state index in [-0.39, 0.29) is 0 Å². The monoisotopic (exact) mass is 225 g/mol. The maximum Gasteiger partial charge on any atom is 0.0662 e. The van der Waals surface area contributed by atoms with Gasteiger partial charge < -0.3 is 10.1 Å². The Morgan fingerprint density at radius 2 is 2.25 bits per heavy atom. The molecule has 92 valence electrons. The average Bonchev–Trinajstić information content (AvgIpc) is 2.69. The van der Waals surface area contributed by atoms with Crippen molar-refractivity contribution in [2.24, 2.45) is 0 Å². The van der Waals surface area contributed by atoms with Crippen molar-refractivity contribution in [1.29, 1.82) is 0 Å². The van der Waals surface area contributed by atoms with E-state index < -0.39 is 0 Å². The van der Waals surface area contributed by atoms with E-state index in [9.17, 15) is 0 Å². The summed E-state index contributed by atoms with van der Waals surface area (Å²) < 4.78 is 7.46. The van der Waals surface area contributed by atoms with Crippen LogP contribution in [-0.2, 0) is 17.8 Å². The van der Waals surface area contributed by atoms with E-state index in [0.29, 0.717) is 6.04 Å². The van der Waals surface area contributed by atoms with Gasteiger partial charge >= 0.3 is 0 Å². The zero-order valence-electron chi connectivity index (χ0n) is 10.6. The van der Waals surface area contributed by atoms with Crippen LogP contribution in [0.15, 0.2) is 12.3 Å². The van der Waals surface area contributed by atoms with Crippen LogP contribution in [0.5, 0.6) is 0 Å². The van der Waals surface area contributed by atoms with Crippen LogP contribution in [0.2, 0.25) is 0 Å². The number of hydrogen-bond acceptors (Lipinski definition) is 3. The second-order valence-corrected chi connectivity index (χ2v) is 4.19. The Bertz CT molecular complexity index is 284. The maximum atomic E-state index is 5.46. The van der Waals surface area contributed by atoms with Crippen LogP contribution in [0.4, 0.5) is 0 Å². The van der Waals surface area contributed by atoms with Crippen molar-refractivity contribution in [1.82, 2.24) is 15.1 Å². The lowest BCUT2D eigenvalue weighted by Gasteiger charge is -2.10. The Morgan fingerprint density at radius 1 is 1.44 bits per heavy atom. The minimum atomic E-state index is 0.500. The van der Waals surface area contributed by atoms with Crippen LogP contribution < -0.4 is 5.32 Å². The molecular formula is C12H23N3O. The highest BCUT2D eigenvalue weighted by Crippen LogP contribution is 1.99. The van der Waals surface area contributed by atoms with Gasteiger partial charge in [-0.1, -0.05) is 20.8 Å². The van der Waals surface area contributed by atoms with Crippen molar-refractivity contribution >= 4 is 0 Å². The van der Waals surface area contributed by atoms with Gasteiger partial charge in [0.15, 0.2) is 0 Å². The van der Waals surface area contributed by atoms with Crippen LogP contribution in [0.25, 0.3) is 0 Å². The number of aromatic nitrogens is 2. The fourth-order valence-electron chi connectivity index (χ4n) is 1.42. The smallest absolute Gasteiger partial charge is 0.0662 e. The SMILES string of the molecule is CCCOCCn1nccc1CNC(C)C. The predicted molar refractivity (Wildman–Crippen MR) is 65.3 cm³/mol. The first-order chi connectivity index (χ1) is 7.74. The van der Waals surface area contributed by atoms with Gasteiger partial charge in [-0.05, 0) is 12.5 Å². The minimum absolute atomic E-state index is 0.500. The molecular weight excluding hydrogens is 202 g/mol. The molecule has 0 bridgehead atoms. The Morgan fingerprint density at radius 3 is 2.94 bits per heavy atom. The first-order valence-electron chi connectivity index (χ1n) is 6.05. The second-order valence-electron chi connectivity index (χ2n) is 4.19. The summed E-state index contributed by atoms with van der Waals surface area (Å²) in [4.78, 5) is 0. The number of ether oxygens (including phenoxy) is 1. The summed E-state index contributed by atoms with van der Waals surface area (Å²) >= 11 is 0. The fraction of sp³-hybridized carbons (Fsp3) is 0.750. The van der Waals surface area contributed by atoms with Gasteiger partial charge in [-0.3, -0.25) is 4.68 Å². The Balaban J connectivity index is 2.32. The number of hydrogen-bond donors (Lipinski definition) is 1.